The Kier molecular flexibility index (Phi) is 1.12. The SMILES string of the molecule is Br[C@H]1[C@@H]2CCCN[C@H]12. The van der Waals surface area contributed by atoms with Gasteiger partial charge in [-0.05, 0) is 25.3 Å². The highest BCUT2D eigenvalue weighted by Crippen LogP contribution is 2.43. The molecule has 2 fully saturated rings. The maximum Gasteiger partial charge on any atom is 0.0345 e. The van der Waals surface area contributed by atoms with E-state index in [1.54, 1.807) is 0 Å². The molecule has 1 nitrogen and oxygen atoms in total. The molecule has 2 rings (SSSR count). The Morgan fingerprint density at radius 1 is 1.50 bits per heavy atom. The molecule has 0 aromatic heterocycles. The Hall–Kier alpha value is 0.440. The summed E-state index contributed by atoms with van der Waals surface area (Å²) in [7, 11) is 0. The van der Waals surface area contributed by atoms with E-state index in [0.29, 0.717) is 0 Å². The number of halogens is 1. The van der Waals surface area contributed by atoms with Gasteiger partial charge in [0.25, 0.3) is 0 Å². The molecule has 8 heavy (non-hydrogen) atoms. The minimum absolute atomic E-state index is 0.810. The normalized spacial score (nSPS) is 52.9. The maximum absolute atomic E-state index is 3.61. The fraction of sp³-hybridized carbons (Fsp3) is 1.00. The van der Waals surface area contributed by atoms with Crippen LogP contribution in [0, 0.1) is 5.92 Å². The maximum atomic E-state index is 3.61. The van der Waals surface area contributed by atoms with Crippen LogP contribution in [0.1, 0.15) is 12.8 Å². The smallest absolute Gasteiger partial charge is 0.0345 e. The van der Waals surface area contributed by atoms with Crippen molar-refractivity contribution in [1.82, 2.24) is 5.32 Å². The lowest BCUT2D eigenvalue weighted by atomic mass is 10.2. The standard InChI is InChI=1S/C6H10BrN/c7-5-4-2-1-3-8-6(4)5/h4-6,8H,1-3H2/t4-,5-,6-/m0/s1. The Labute approximate surface area is 58.0 Å². The summed E-state index contributed by atoms with van der Waals surface area (Å²) in [5, 5.41) is 3.46. The topological polar surface area (TPSA) is 12.0 Å². The van der Waals surface area contributed by atoms with E-state index in [2.05, 4.69) is 21.2 Å². The summed E-state index contributed by atoms with van der Waals surface area (Å²) in [5.41, 5.74) is 0. The van der Waals surface area contributed by atoms with Gasteiger partial charge in [-0.1, -0.05) is 15.9 Å². The molecular weight excluding hydrogens is 166 g/mol. The molecule has 0 aromatic rings. The third-order valence-electron chi connectivity index (χ3n) is 2.17. The van der Waals surface area contributed by atoms with Gasteiger partial charge in [0.2, 0.25) is 0 Å². The van der Waals surface area contributed by atoms with Gasteiger partial charge in [-0.25, -0.2) is 0 Å². The third kappa shape index (κ3) is 0.627. The predicted molar refractivity (Wildman–Crippen MR) is 37.2 cm³/mol. The fourth-order valence-corrected chi connectivity index (χ4v) is 2.54. The van der Waals surface area contributed by atoms with E-state index in [0.717, 1.165) is 16.8 Å². The van der Waals surface area contributed by atoms with Gasteiger partial charge in [-0.2, -0.15) is 0 Å². The van der Waals surface area contributed by atoms with Crippen molar-refractivity contribution in [3.05, 3.63) is 0 Å². The van der Waals surface area contributed by atoms with Gasteiger partial charge in [0.15, 0.2) is 0 Å². The summed E-state index contributed by atoms with van der Waals surface area (Å²) in [6.07, 6.45) is 2.82. The van der Waals surface area contributed by atoms with Crippen LogP contribution < -0.4 is 5.32 Å². The van der Waals surface area contributed by atoms with Crippen molar-refractivity contribution in [2.24, 2.45) is 5.92 Å². The molecule has 1 aliphatic carbocycles. The molecule has 1 aliphatic heterocycles. The number of fused-ring (bicyclic) bond motifs is 1. The van der Waals surface area contributed by atoms with Gasteiger partial charge in [0, 0.05) is 10.9 Å². The fourth-order valence-electron chi connectivity index (χ4n) is 1.54. The van der Waals surface area contributed by atoms with Crippen molar-refractivity contribution in [2.75, 3.05) is 6.54 Å². The largest absolute Gasteiger partial charge is 0.313 e. The van der Waals surface area contributed by atoms with E-state index in [1.165, 1.54) is 19.4 Å². The van der Waals surface area contributed by atoms with Gasteiger partial charge in [0.1, 0.15) is 0 Å². The molecule has 0 bridgehead atoms. The van der Waals surface area contributed by atoms with Crippen molar-refractivity contribution in [1.29, 1.82) is 0 Å². The summed E-state index contributed by atoms with van der Waals surface area (Å²) < 4.78 is 0. The molecule has 1 saturated heterocycles. The van der Waals surface area contributed by atoms with Crippen LogP contribution in [-0.4, -0.2) is 17.4 Å². The van der Waals surface area contributed by atoms with Crippen LogP contribution in [0.4, 0.5) is 0 Å². The molecule has 0 spiro atoms. The lowest BCUT2D eigenvalue weighted by Crippen LogP contribution is -2.24. The monoisotopic (exact) mass is 175 g/mol. The van der Waals surface area contributed by atoms with Crippen LogP contribution in [0.3, 0.4) is 0 Å². The number of nitrogens with one attached hydrogen (secondary N) is 1. The first kappa shape index (κ1) is 5.24. The number of hydrogen-bond donors (Lipinski definition) is 1. The van der Waals surface area contributed by atoms with Crippen LogP contribution in [0.15, 0.2) is 0 Å². The molecule has 0 unspecified atom stereocenters. The second-order valence-corrected chi connectivity index (χ2v) is 3.79. The van der Waals surface area contributed by atoms with E-state index in [4.69, 9.17) is 0 Å². The van der Waals surface area contributed by atoms with E-state index in [9.17, 15) is 0 Å². The highest BCUT2D eigenvalue weighted by Gasteiger charge is 2.48. The zero-order valence-corrected chi connectivity index (χ0v) is 6.32. The second-order valence-electron chi connectivity index (χ2n) is 2.73. The van der Waals surface area contributed by atoms with Crippen LogP contribution in [0.5, 0.6) is 0 Å². The van der Waals surface area contributed by atoms with Crippen LogP contribution in [0.25, 0.3) is 0 Å². The molecule has 0 aromatic carbocycles. The summed E-state index contributed by atoms with van der Waals surface area (Å²) in [5.74, 6) is 0.976. The first-order valence-corrected chi connectivity index (χ1v) is 4.18. The number of rotatable bonds is 0. The first-order chi connectivity index (χ1) is 3.89. The average Bonchev–Trinajstić information content (AvgIpc) is 2.46. The van der Waals surface area contributed by atoms with Gasteiger partial charge in [0.05, 0.1) is 0 Å². The van der Waals surface area contributed by atoms with E-state index in [1.807, 2.05) is 0 Å². The highest BCUT2D eigenvalue weighted by molar-refractivity contribution is 9.09. The second kappa shape index (κ2) is 1.71. The average molecular weight is 176 g/mol. The Morgan fingerprint density at radius 3 is 2.88 bits per heavy atom. The van der Waals surface area contributed by atoms with Crippen LogP contribution >= 0.6 is 15.9 Å². The molecule has 46 valence electrons. The van der Waals surface area contributed by atoms with Crippen LogP contribution in [0.2, 0.25) is 0 Å². The van der Waals surface area contributed by atoms with Crippen molar-refractivity contribution in [3.63, 3.8) is 0 Å². The van der Waals surface area contributed by atoms with Gasteiger partial charge < -0.3 is 5.32 Å². The lowest BCUT2D eigenvalue weighted by Gasteiger charge is -2.07. The molecule has 1 heterocycles. The lowest BCUT2D eigenvalue weighted by molar-refractivity contribution is 0.505. The zero-order chi connectivity index (χ0) is 5.56. The molecule has 1 N–H and O–H groups in total. The highest BCUT2D eigenvalue weighted by atomic mass is 79.9. The van der Waals surface area contributed by atoms with Crippen molar-refractivity contribution < 1.29 is 0 Å². The van der Waals surface area contributed by atoms with Gasteiger partial charge >= 0.3 is 0 Å². The van der Waals surface area contributed by atoms with Crippen molar-refractivity contribution >= 4 is 15.9 Å². The number of piperidine rings is 1. The quantitative estimate of drug-likeness (QED) is 0.545. The molecular formula is C6H10BrN. The summed E-state index contributed by atoms with van der Waals surface area (Å²) in [6.45, 7) is 1.24. The minimum atomic E-state index is 0.810. The Balaban J connectivity index is 1.97. The number of alkyl halides is 1. The zero-order valence-electron chi connectivity index (χ0n) is 4.73. The van der Waals surface area contributed by atoms with E-state index in [-0.39, 0.29) is 0 Å². The van der Waals surface area contributed by atoms with Gasteiger partial charge in [-0.3, -0.25) is 0 Å². The molecule has 1 saturated carbocycles. The minimum Gasteiger partial charge on any atom is -0.313 e. The third-order valence-corrected chi connectivity index (χ3v) is 3.42. The summed E-state index contributed by atoms with van der Waals surface area (Å²) >= 11 is 3.61. The first-order valence-electron chi connectivity index (χ1n) is 3.27. The molecule has 0 radical (unpaired) electrons. The van der Waals surface area contributed by atoms with E-state index < -0.39 is 0 Å². The molecule has 3 atom stereocenters. The molecule has 2 aliphatic rings. The molecule has 2 heteroatoms. The Bertz CT molecular complexity index is 92.7. The number of hydrogen-bond acceptors (Lipinski definition) is 1. The summed E-state index contributed by atoms with van der Waals surface area (Å²) in [4.78, 5) is 0.810. The predicted octanol–water partition coefficient (Wildman–Crippen LogP) is 1.13. The molecule has 0 amide bonds. The van der Waals surface area contributed by atoms with Crippen molar-refractivity contribution in [2.45, 2.75) is 23.7 Å². The van der Waals surface area contributed by atoms with E-state index >= 15 is 0 Å². The van der Waals surface area contributed by atoms with Crippen molar-refractivity contribution in [3.8, 4) is 0 Å². The van der Waals surface area contributed by atoms with Gasteiger partial charge in [-0.15, -0.1) is 0 Å². The Morgan fingerprint density at radius 2 is 2.38 bits per heavy atom. The summed E-state index contributed by atoms with van der Waals surface area (Å²) in [6, 6.07) is 0.837. The van der Waals surface area contributed by atoms with Crippen LogP contribution in [-0.2, 0) is 0 Å².